The first-order chi connectivity index (χ1) is 10.3. The molecule has 0 unspecified atom stereocenters. The molecule has 0 amide bonds. The summed E-state index contributed by atoms with van der Waals surface area (Å²) in [4.78, 5) is 4.60. The van der Waals surface area contributed by atoms with E-state index in [1.807, 2.05) is 12.1 Å². The fraction of sp³-hybridized carbons (Fsp3) is 0.375. The zero-order chi connectivity index (χ0) is 14.3. The molecule has 2 N–H and O–H groups in total. The molecule has 21 heavy (non-hydrogen) atoms. The Morgan fingerprint density at radius 2 is 1.95 bits per heavy atom. The third-order valence-electron chi connectivity index (χ3n) is 4.33. The van der Waals surface area contributed by atoms with Gasteiger partial charge in [0.25, 0.3) is 5.89 Å². The Hall–Kier alpha value is -1.72. The van der Waals surface area contributed by atoms with Crippen molar-refractivity contribution >= 4 is 21.4 Å². The van der Waals surface area contributed by atoms with Gasteiger partial charge < -0.3 is 10.3 Å². The van der Waals surface area contributed by atoms with Gasteiger partial charge in [-0.3, -0.25) is 0 Å². The maximum atomic E-state index is 6.48. The molecule has 5 heteroatoms. The van der Waals surface area contributed by atoms with Crippen molar-refractivity contribution in [3.63, 3.8) is 0 Å². The minimum absolute atomic E-state index is 0.411. The molecule has 0 saturated heterocycles. The highest BCUT2D eigenvalue weighted by atomic mass is 32.1. The molecule has 1 aromatic carbocycles. The van der Waals surface area contributed by atoms with Crippen LogP contribution < -0.4 is 5.73 Å². The number of hydrogen-bond donors (Lipinski definition) is 1. The van der Waals surface area contributed by atoms with Crippen LogP contribution in [0.5, 0.6) is 0 Å². The maximum Gasteiger partial charge on any atom is 0.259 e. The first-order valence-electron chi connectivity index (χ1n) is 7.36. The third-order valence-corrected chi connectivity index (χ3v) is 5.29. The van der Waals surface area contributed by atoms with Crippen LogP contribution in [0.1, 0.15) is 37.9 Å². The van der Waals surface area contributed by atoms with Crippen LogP contribution in [-0.2, 0) is 5.54 Å². The van der Waals surface area contributed by atoms with Gasteiger partial charge in [0.05, 0.1) is 11.1 Å². The molecular formula is C16H17N3OS. The Morgan fingerprint density at radius 1 is 1.14 bits per heavy atom. The first kappa shape index (κ1) is 13.0. The molecule has 4 nitrogen and oxygen atoms in total. The summed E-state index contributed by atoms with van der Waals surface area (Å²) in [5, 5.41) is 7.40. The topological polar surface area (TPSA) is 64.9 Å². The lowest BCUT2D eigenvalue weighted by atomic mass is 9.82. The van der Waals surface area contributed by atoms with E-state index in [0.717, 1.165) is 36.6 Å². The van der Waals surface area contributed by atoms with Crippen molar-refractivity contribution in [3.05, 3.63) is 35.5 Å². The normalized spacial score (nSPS) is 18.1. The largest absolute Gasteiger partial charge is 0.334 e. The summed E-state index contributed by atoms with van der Waals surface area (Å²) >= 11 is 1.69. The summed E-state index contributed by atoms with van der Waals surface area (Å²) in [6, 6.07) is 8.26. The lowest BCUT2D eigenvalue weighted by Crippen LogP contribution is -2.39. The predicted molar refractivity (Wildman–Crippen MR) is 84.1 cm³/mol. The van der Waals surface area contributed by atoms with Gasteiger partial charge in [0.2, 0.25) is 0 Å². The van der Waals surface area contributed by atoms with E-state index in [9.17, 15) is 0 Å². The molecular weight excluding hydrogens is 282 g/mol. The highest BCUT2D eigenvalue weighted by Gasteiger charge is 2.34. The molecule has 0 spiro atoms. The molecule has 108 valence electrons. The van der Waals surface area contributed by atoms with Gasteiger partial charge >= 0.3 is 0 Å². The Bertz CT molecular complexity index is 771. The van der Waals surface area contributed by atoms with Crippen molar-refractivity contribution < 1.29 is 4.52 Å². The van der Waals surface area contributed by atoms with Gasteiger partial charge in [-0.05, 0) is 18.9 Å². The summed E-state index contributed by atoms with van der Waals surface area (Å²) in [5.41, 5.74) is 7.07. The van der Waals surface area contributed by atoms with Crippen molar-refractivity contribution in [1.29, 1.82) is 0 Å². The average Bonchev–Trinajstić information content (AvgIpc) is 3.15. The average molecular weight is 299 g/mol. The molecule has 2 heterocycles. The zero-order valence-corrected chi connectivity index (χ0v) is 12.5. The Morgan fingerprint density at radius 3 is 2.81 bits per heavy atom. The first-order valence-corrected chi connectivity index (χ1v) is 8.24. The number of thiophene rings is 1. The minimum Gasteiger partial charge on any atom is -0.334 e. The zero-order valence-electron chi connectivity index (χ0n) is 11.7. The van der Waals surface area contributed by atoms with Gasteiger partial charge in [-0.1, -0.05) is 42.6 Å². The van der Waals surface area contributed by atoms with Crippen LogP contribution in [0.4, 0.5) is 0 Å². The van der Waals surface area contributed by atoms with Crippen LogP contribution in [0.15, 0.2) is 34.2 Å². The number of rotatable bonds is 2. The molecule has 1 aliphatic carbocycles. The lowest BCUT2D eigenvalue weighted by Gasteiger charge is -2.29. The van der Waals surface area contributed by atoms with Gasteiger partial charge in [0.1, 0.15) is 0 Å². The van der Waals surface area contributed by atoms with Gasteiger partial charge in [0, 0.05) is 15.5 Å². The number of aromatic nitrogens is 2. The Balaban J connectivity index is 1.74. The summed E-state index contributed by atoms with van der Waals surface area (Å²) in [7, 11) is 0. The second-order valence-electron chi connectivity index (χ2n) is 5.79. The second-order valence-corrected chi connectivity index (χ2v) is 6.70. The van der Waals surface area contributed by atoms with Crippen LogP contribution in [0.3, 0.4) is 0 Å². The number of hydrogen-bond acceptors (Lipinski definition) is 5. The molecule has 0 atom stereocenters. The lowest BCUT2D eigenvalue weighted by molar-refractivity contribution is 0.275. The third kappa shape index (κ3) is 2.17. The quantitative estimate of drug-likeness (QED) is 0.774. The number of benzene rings is 1. The molecule has 1 aliphatic rings. The maximum absolute atomic E-state index is 6.48. The second kappa shape index (κ2) is 4.93. The van der Waals surface area contributed by atoms with E-state index in [-0.39, 0.29) is 0 Å². The van der Waals surface area contributed by atoms with Gasteiger partial charge in [-0.2, -0.15) is 4.98 Å². The molecule has 3 aromatic rings. The van der Waals surface area contributed by atoms with E-state index < -0.39 is 5.54 Å². The fourth-order valence-electron chi connectivity index (χ4n) is 3.08. The summed E-state index contributed by atoms with van der Waals surface area (Å²) in [6.45, 7) is 0. The Kier molecular flexibility index (Phi) is 3.05. The predicted octanol–water partition coefficient (Wildman–Crippen LogP) is 4.07. The van der Waals surface area contributed by atoms with Gasteiger partial charge in [0.15, 0.2) is 5.82 Å². The van der Waals surface area contributed by atoms with Crippen LogP contribution in [-0.4, -0.2) is 10.1 Å². The molecule has 2 aromatic heterocycles. The van der Waals surface area contributed by atoms with E-state index in [4.69, 9.17) is 10.3 Å². The molecule has 1 fully saturated rings. The van der Waals surface area contributed by atoms with Crippen molar-refractivity contribution in [2.24, 2.45) is 5.73 Å². The van der Waals surface area contributed by atoms with Crippen LogP contribution in [0, 0.1) is 0 Å². The standard InChI is InChI=1S/C16H17N3OS/c17-16(8-4-1-5-9-16)15-18-14(20-19-15)12-10-21-13-7-3-2-6-11(12)13/h2-3,6-7,10H,1,4-5,8-9,17H2. The summed E-state index contributed by atoms with van der Waals surface area (Å²) < 4.78 is 6.73. The minimum atomic E-state index is -0.411. The highest BCUT2D eigenvalue weighted by molar-refractivity contribution is 7.17. The van der Waals surface area contributed by atoms with Crippen LogP contribution >= 0.6 is 11.3 Å². The van der Waals surface area contributed by atoms with Gasteiger partial charge in [-0.15, -0.1) is 11.3 Å². The number of nitrogens with zero attached hydrogens (tertiary/aromatic N) is 2. The van der Waals surface area contributed by atoms with Crippen molar-refractivity contribution in [1.82, 2.24) is 10.1 Å². The molecule has 0 bridgehead atoms. The SMILES string of the molecule is NC1(c2noc(-c3csc4ccccc34)n2)CCCCC1. The molecule has 0 aliphatic heterocycles. The number of nitrogens with two attached hydrogens (primary N) is 1. The monoisotopic (exact) mass is 299 g/mol. The summed E-state index contributed by atoms with van der Waals surface area (Å²) in [6.07, 6.45) is 5.41. The van der Waals surface area contributed by atoms with E-state index in [0.29, 0.717) is 11.7 Å². The van der Waals surface area contributed by atoms with E-state index in [1.165, 1.54) is 11.1 Å². The molecule has 4 rings (SSSR count). The van der Waals surface area contributed by atoms with Crippen molar-refractivity contribution in [3.8, 4) is 11.5 Å². The smallest absolute Gasteiger partial charge is 0.259 e. The van der Waals surface area contributed by atoms with Crippen molar-refractivity contribution in [2.45, 2.75) is 37.6 Å². The van der Waals surface area contributed by atoms with E-state index in [1.54, 1.807) is 11.3 Å². The van der Waals surface area contributed by atoms with Crippen LogP contribution in [0.25, 0.3) is 21.5 Å². The molecule has 1 saturated carbocycles. The number of fused-ring (bicyclic) bond motifs is 1. The van der Waals surface area contributed by atoms with Crippen molar-refractivity contribution in [2.75, 3.05) is 0 Å². The van der Waals surface area contributed by atoms with E-state index in [2.05, 4.69) is 27.7 Å². The highest BCUT2D eigenvalue weighted by Crippen LogP contribution is 2.36. The summed E-state index contributed by atoms with van der Waals surface area (Å²) in [5.74, 6) is 1.24. The van der Waals surface area contributed by atoms with Crippen LogP contribution in [0.2, 0.25) is 0 Å². The Labute approximate surface area is 127 Å². The van der Waals surface area contributed by atoms with Gasteiger partial charge in [-0.25, -0.2) is 0 Å². The fourth-order valence-corrected chi connectivity index (χ4v) is 4.02. The van der Waals surface area contributed by atoms with E-state index >= 15 is 0 Å². The molecule has 0 radical (unpaired) electrons.